The van der Waals surface area contributed by atoms with Crippen LogP contribution in [0.25, 0.3) is 0 Å². The van der Waals surface area contributed by atoms with Gasteiger partial charge in [-0.25, -0.2) is 0 Å². The van der Waals surface area contributed by atoms with Gasteiger partial charge in [-0.05, 0) is 38.1 Å². The fraction of sp³-hybridized carbons (Fsp3) is 0.312. The third-order valence-electron chi connectivity index (χ3n) is 3.83. The maximum atomic E-state index is 12.2. The number of nitrogens with zero attached hydrogens (tertiary/aromatic N) is 1. The monoisotopic (exact) mass is 349 g/mol. The summed E-state index contributed by atoms with van der Waals surface area (Å²) in [5.41, 5.74) is -0.129. The molecule has 0 spiro atoms. The molecule has 0 fully saturated rings. The van der Waals surface area contributed by atoms with Crippen molar-refractivity contribution < 1.29 is 9.84 Å². The van der Waals surface area contributed by atoms with Gasteiger partial charge in [-0.3, -0.25) is 4.79 Å². The Morgan fingerprint density at radius 2 is 2.05 bits per heavy atom. The zero-order valence-corrected chi connectivity index (χ0v) is 13.4. The molecule has 1 aliphatic rings. The van der Waals surface area contributed by atoms with Crippen LogP contribution in [0.15, 0.2) is 51.9 Å². The third kappa shape index (κ3) is 2.40. The lowest BCUT2D eigenvalue weighted by Gasteiger charge is -2.42. The Kier molecular flexibility index (Phi) is 3.42. The summed E-state index contributed by atoms with van der Waals surface area (Å²) in [4.78, 5) is 12.2. The van der Waals surface area contributed by atoms with Crippen LogP contribution in [0.1, 0.15) is 25.5 Å². The SMILES string of the molecule is CC1(C)Oc2ccc(Br)cc2[C@@H](n2ccccc2=O)[C@@H]1O. The number of hydrogen-bond donors (Lipinski definition) is 1. The van der Waals surface area contributed by atoms with Gasteiger partial charge >= 0.3 is 0 Å². The molecule has 2 heterocycles. The summed E-state index contributed by atoms with van der Waals surface area (Å²) in [5, 5.41) is 10.7. The van der Waals surface area contributed by atoms with E-state index in [-0.39, 0.29) is 5.56 Å². The maximum Gasteiger partial charge on any atom is 0.251 e. The highest BCUT2D eigenvalue weighted by Gasteiger charge is 2.44. The largest absolute Gasteiger partial charge is 0.485 e. The van der Waals surface area contributed by atoms with Gasteiger partial charge < -0.3 is 14.4 Å². The average molecular weight is 350 g/mol. The summed E-state index contributed by atoms with van der Waals surface area (Å²) in [7, 11) is 0. The minimum absolute atomic E-state index is 0.148. The molecule has 0 unspecified atom stereocenters. The van der Waals surface area contributed by atoms with Gasteiger partial charge in [-0.2, -0.15) is 0 Å². The van der Waals surface area contributed by atoms with Crippen molar-refractivity contribution in [2.45, 2.75) is 31.6 Å². The molecule has 0 saturated heterocycles. The number of hydrogen-bond acceptors (Lipinski definition) is 3. The standard InChI is InChI=1S/C16H16BrNO3/c1-16(2)15(20)14(18-8-4-3-5-13(18)19)11-9-10(17)6-7-12(11)21-16/h3-9,14-15,20H,1-2H3/t14-,15+/m1/s1. The van der Waals surface area contributed by atoms with Crippen molar-refractivity contribution in [3.05, 3.63) is 63.0 Å². The van der Waals surface area contributed by atoms with Gasteiger partial charge in [0.15, 0.2) is 0 Å². The minimum atomic E-state index is -0.834. The van der Waals surface area contributed by atoms with E-state index < -0.39 is 17.7 Å². The number of benzene rings is 1. The van der Waals surface area contributed by atoms with Gasteiger partial charge in [0.1, 0.15) is 17.5 Å². The second-order valence-electron chi connectivity index (χ2n) is 5.72. The lowest BCUT2D eigenvalue weighted by molar-refractivity contribution is -0.0643. The molecule has 5 heteroatoms. The predicted molar refractivity (Wildman–Crippen MR) is 83.7 cm³/mol. The predicted octanol–water partition coefficient (Wildman–Crippen LogP) is 2.73. The smallest absolute Gasteiger partial charge is 0.251 e. The molecule has 21 heavy (non-hydrogen) atoms. The summed E-state index contributed by atoms with van der Waals surface area (Å²) >= 11 is 3.43. The molecule has 0 saturated carbocycles. The molecule has 0 amide bonds. The van der Waals surface area contributed by atoms with Gasteiger partial charge in [0, 0.05) is 22.3 Å². The van der Waals surface area contributed by atoms with Gasteiger partial charge in [-0.15, -0.1) is 0 Å². The van der Waals surface area contributed by atoms with Crippen LogP contribution in [-0.4, -0.2) is 21.4 Å². The molecule has 2 atom stereocenters. The molecule has 0 aliphatic carbocycles. The normalized spacial score (nSPS) is 23.2. The first-order valence-electron chi connectivity index (χ1n) is 6.74. The molecule has 1 aromatic heterocycles. The molecule has 1 aromatic carbocycles. The van der Waals surface area contributed by atoms with E-state index in [1.54, 1.807) is 22.9 Å². The molecule has 0 bridgehead atoms. The Hall–Kier alpha value is -1.59. The van der Waals surface area contributed by atoms with Crippen molar-refractivity contribution in [3.8, 4) is 5.75 Å². The van der Waals surface area contributed by atoms with Crippen LogP contribution in [0, 0.1) is 0 Å². The van der Waals surface area contributed by atoms with E-state index in [1.165, 1.54) is 6.07 Å². The van der Waals surface area contributed by atoms with E-state index in [0.717, 1.165) is 10.0 Å². The van der Waals surface area contributed by atoms with E-state index >= 15 is 0 Å². The van der Waals surface area contributed by atoms with Crippen LogP contribution in [0.3, 0.4) is 0 Å². The number of aromatic nitrogens is 1. The summed E-state index contributed by atoms with van der Waals surface area (Å²) < 4.78 is 8.33. The second-order valence-corrected chi connectivity index (χ2v) is 6.64. The third-order valence-corrected chi connectivity index (χ3v) is 4.32. The first kappa shape index (κ1) is 14.4. The topological polar surface area (TPSA) is 51.5 Å². The Morgan fingerprint density at radius 1 is 1.29 bits per heavy atom. The molecule has 110 valence electrons. The Bertz CT molecular complexity index is 738. The highest BCUT2D eigenvalue weighted by molar-refractivity contribution is 9.10. The van der Waals surface area contributed by atoms with Gasteiger partial charge in [-0.1, -0.05) is 22.0 Å². The quantitative estimate of drug-likeness (QED) is 0.861. The highest BCUT2D eigenvalue weighted by Crippen LogP contribution is 2.42. The van der Waals surface area contributed by atoms with Crippen LogP contribution < -0.4 is 10.3 Å². The molecule has 1 N–H and O–H groups in total. The lowest BCUT2D eigenvalue weighted by atomic mass is 9.86. The number of aliphatic hydroxyl groups excluding tert-OH is 1. The van der Waals surface area contributed by atoms with Crippen LogP contribution >= 0.6 is 15.9 Å². The van der Waals surface area contributed by atoms with Crippen molar-refractivity contribution in [1.82, 2.24) is 4.57 Å². The summed E-state index contributed by atoms with van der Waals surface area (Å²) in [6.07, 6.45) is 0.863. The molecule has 1 aliphatic heterocycles. The molecular formula is C16H16BrNO3. The Morgan fingerprint density at radius 3 is 2.76 bits per heavy atom. The number of pyridine rings is 1. The van der Waals surface area contributed by atoms with Crippen LogP contribution in [0.2, 0.25) is 0 Å². The highest BCUT2D eigenvalue weighted by atomic mass is 79.9. The van der Waals surface area contributed by atoms with Crippen molar-refractivity contribution in [2.24, 2.45) is 0 Å². The van der Waals surface area contributed by atoms with Crippen LogP contribution in [0.4, 0.5) is 0 Å². The second kappa shape index (κ2) is 5.00. The Balaban J connectivity index is 2.25. The zero-order valence-electron chi connectivity index (χ0n) is 11.8. The van der Waals surface area contributed by atoms with Crippen LogP contribution in [-0.2, 0) is 0 Å². The van der Waals surface area contributed by atoms with E-state index in [4.69, 9.17) is 4.74 Å². The first-order valence-corrected chi connectivity index (χ1v) is 7.53. The molecular weight excluding hydrogens is 334 g/mol. The van der Waals surface area contributed by atoms with Crippen molar-refractivity contribution in [1.29, 1.82) is 0 Å². The lowest BCUT2D eigenvalue weighted by Crippen LogP contribution is -2.52. The molecule has 4 nitrogen and oxygen atoms in total. The molecule has 3 rings (SSSR count). The number of rotatable bonds is 1. The van der Waals surface area contributed by atoms with Gasteiger partial charge in [0.05, 0.1) is 6.04 Å². The minimum Gasteiger partial charge on any atom is -0.485 e. The number of halogens is 1. The fourth-order valence-electron chi connectivity index (χ4n) is 2.71. The summed E-state index contributed by atoms with van der Waals surface area (Å²) in [6.45, 7) is 3.65. The van der Waals surface area contributed by atoms with E-state index in [0.29, 0.717) is 5.75 Å². The van der Waals surface area contributed by atoms with Crippen LogP contribution in [0.5, 0.6) is 5.75 Å². The van der Waals surface area contributed by atoms with Crippen molar-refractivity contribution in [2.75, 3.05) is 0 Å². The maximum absolute atomic E-state index is 12.2. The number of ether oxygens (including phenoxy) is 1. The molecule has 2 aromatic rings. The summed E-state index contributed by atoms with van der Waals surface area (Å²) in [5.74, 6) is 0.689. The van der Waals surface area contributed by atoms with Gasteiger partial charge in [0.2, 0.25) is 0 Å². The van der Waals surface area contributed by atoms with E-state index in [9.17, 15) is 9.90 Å². The van der Waals surface area contributed by atoms with Crippen molar-refractivity contribution in [3.63, 3.8) is 0 Å². The number of aliphatic hydroxyl groups is 1. The summed E-state index contributed by atoms with van der Waals surface area (Å²) in [6, 6.07) is 10.1. The molecule has 0 radical (unpaired) electrons. The fourth-order valence-corrected chi connectivity index (χ4v) is 3.09. The average Bonchev–Trinajstić information content (AvgIpc) is 2.42. The van der Waals surface area contributed by atoms with Crippen molar-refractivity contribution >= 4 is 15.9 Å². The first-order chi connectivity index (χ1) is 9.90. The van der Waals surface area contributed by atoms with E-state index in [1.807, 2.05) is 32.0 Å². The van der Waals surface area contributed by atoms with E-state index in [2.05, 4.69) is 15.9 Å². The number of fused-ring (bicyclic) bond motifs is 1. The van der Waals surface area contributed by atoms with Gasteiger partial charge in [0.25, 0.3) is 5.56 Å². The Labute approximate surface area is 131 Å². The zero-order chi connectivity index (χ0) is 15.2.